The van der Waals surface area contributed by atoms with Crippen LogP contribution in [0.4, 0.5) is 8.78 Å². The highest BCUT2D eigenvalue weighted by molar-refractivity contribution is 6.23. The Morgan fingerprint density at radius 3 is 2.21 bits per heavy atom. The lowest BCUT2D eigenvalue weighted by Gasteiger charge is -2.40. The third kappa shape index (κ3) is 10.2. The number of carbonyl (C=O) groups is 4. The lowest BCUT2D eigenvalue weighted by Crippen LogP contribution is -2.47. The number of carbonyl (C=O) groups excluding carboxylic acids is 4. The number of alkyl halides is 2. The Hall–Kier alpha value is -2.56. The zero-order valence-electron chi connectivity index (χ0n) is 29.6. The number of hydrogen-bond acceptors (Lipinski definition) is 7. The number of halogens is 2. The molecule has 1 aromatic rings. The summed E-state index contributed by atoms with van der Waals surface area (Å²) in [6, 6.07) is 4.18. The summed E-state index contributed by atoms with van der Waals surface area (Å²) in [6.07, 6.45) is 11.3. The second-order valence-electron chi connectivity index (χ2n) is 14.5. The predicted octanol–water partition coefficient (Wildman–Crippen LogP) is 7.19. The molecule has 1 saturated heterocycles. The zero-order chi connectivity index (χ0) is 35.0. The molecule has 0 aromatic heterocycles. The van der Waals surface area contributed by atoms with Crippen molar-refractivity contribution in [3.63, 3.8) is 0 Å². The Morgan fingerprint density at radius 1 is 0.958 bits per heavy atom. The molecule has 4 aliphatic rings. The summed E-state index contributed by atoms with van der Waals surface area (Å²) < 4.78 is 39.4. The molecule has 0 radical (unpaired) electrons. The van der Waals surface area contributed by atoms with Gasteiger partial charge in [-0.2, -0.15) is 0 Å². The molecule has 2 atom stereocenters. The van der Waals surface area contributed by atoms with Gasteiger partial charge in [-0.15, -0.1) is 0 Å². The molecule has 2 aliphatic carbocycles. The number of benzene rings is 1. The summed E-state index contributed by atoms with van der Waals surface area (Å²) in [5.41, 5.74) is 1.54. The average molecular weight is 675 g/mol. The molecule has 2 unspecified atom stereocenters. The number of likely N-dealkylation sites (tertiary alicyclic amines) is 1. The molecule has 2 heterocycles. The van der Waals surface area contributed by atoms with Crippen molar-refractivity contribution in [1.82, 2.24) is 9.80 Å². The Kier molecular flexibility index (Phi) is 13.9. The first-order valence-corrected chi connectivity index (χ1v) is 18.2. The maximum absolute atomic E-state index is 14.0. The van der Waals surface area contributed by atoms with Crippen LogP contribution >= 0.6 is 0 Å². The van der Waals surface area contributed by atoms with Crippen LogP contribution in [-0.2, 0) is 19.1 Å². The quantitative estimate of drug-likeness (QED) is 0.171. The minimum Gasteiger partial charge on any atom is -0.375 e. The maximum Gasteiger partial charge on any atom is 0.283 e. The molecule has 2 amide bonds. The van der Waals surface area contributed by atoms with E-state index in [1.807, 2.05) is 25.7 Å². The smallest absolute Gasteiger partial charge is 0.283 e. The highest BCUT2D eigenvalue weighted by Crippen LogP contribution is 2.35. The number of nitrogens with zero attached hydrogens (tertiary/aromatic N) is 2. The van der Waals surface area contributed by atoms with Crippen LogP contribution in [0.3, 0.4) is 0 Å². The van der Waals surface area contributed by atoms with Gasteiger partial charge in [0.15, 0.2) is 5.78 Å². The molecule has 8 nitrogen and oxygen atoms in total. The molecule has 0 N–H and O–H groups in total. The van der Waals surface area contributed by atoms with Crippen LogP contribution < -0.4 is 0 Å². The van der Waals surface area contributed by atoms with Crippen molar-refractivity contribution in [3.05, 3.63) is 34.9 Å². The zero-order valence-corrected chi connectivity index (χ0v) is 29.6. The van der Waals surface area contributed by atoms with E-state index in [0.29, 0.717) is 30.3 Å². The topological polar surface area (TPSA) is 93.2 Å². The van der Waals surface area contributed by atoms with E-state index in [1.165, 1.54) is 26.2 Å². The molecule has 1 aromatic carbocycles. The number of imide groups is 1. The van der Waals surface area contributed by atoms with Crippen molar-refractivity contribution in [2.45, 2.75) is 142 Å². The van der Waals surface area contributed by atoms with Crippen LogP contribution in [0.25, 0.3) is 0 Å². The molecule has 268 valence electrons. The fourth-order valence-electron chi connectivity index (χ4n) is 7.03. The van der Waals surface area contributed by atoms with Gasteiger partial charge in [0, 0.05) is 25.4 Å². The first-order valence-electron chi connectivity index (χ1n) is 18.2. The van der Waals surface area contributed by atoms with Gasteiger partial charge in [0.1, 0.15) is 12.4 Å². The van der Waals surface area contributed by atoms with Crippen LogP contribution in [0, 0.1) is 18.8 Å². The van der Waals surface area contributed by atoms with E-state index in [1.54, 1.807) is 18.2 Å². The highest BCUT2D eigenvalue weighted by Gasteiger charge is 2.42. The number of rotatable bonds is 16. The maximum atomic E-state index is 14.0. The van der Waals surface area contributed by atoms with Gasteiger partial charge < -0.3 is 9.47 Å². The number of amides is 2. The molecule has 2 saturated carbocycles. The molecule has 0 bridgehead atoms. The normalized spacial score (nSPS) is 23.1. The van der Waals surface area contributed by atoms with E-state index in [-0.39, 0.29) is 49.1 Å². The molecule has 48 heavy (non-hydrogen) atoms. The monoisotopic (exact) mass is 674 g/mol. The van der Waals surface area contributed by atoms with E-state index >= 15 is 0 Å². The number of hydrogen-bond donors (Lipinski definition) is 0. The fraction of sp³-hybridized carbons (Fsp3) is 0.737. The number of ether oxygens (including phenoxy) is 2. The lowest BCUT2D eigenvalue weighted by atomic mass is 9.80. The SMILES string of the molecule is CCC1CC(OC2CCN(CC(F)(F)COC3CCC3)CC2)C1.CCCC(C)C(=O)CCC(C(C)=O)N1C(=O)c2ccc(C)cc2C1=O. The third-order valence-electron chi connectivity index (χ3n) is 10.5. The summed E-state index contributed by atoms with van der Waals surface area (Å²) in [6.45, 7) is 10.2. The highest BCUT2D eigenvalue weighted by atomic mass is 19.3. The van der Waals surface area contributed by atoms with Gasteiger partial charge in [-0.1, -0.05) is 45.2 Å². The van der Waals surface area contributed by atoms with Crippen molar-refractivity contribution < 1.29 is 37.4 Å². The van der Waals surface area contributed by atoms with Gasteiger partial charge in [-0.3, -0.25) is 29.0 Å². The standard InChI is InChI=1S/C20H25NO4.C18H31F2NO2/c1-5-6-13(3)18(23)10-9-17(14(4)22)21-19(24)15-8-7-12(2)11-16(15)20(21)25;1-2-14-10-17(11-14)23-16-6-8-21(9-7-16)12-18(19,20)13-22-15-4-3-5-15/h7-8,11,13,17H,5-6,9-10H2,1-4H3;14-17H,2-13H2,1H3. The van der Waals surface area contributed by atoms with Gasteiger partial charge >= 0.3 is 0 Å². The van der Waals surface area contributed by atoms with E-state index < -0.39 is 30.4 Å². The molecule has 5 rings (SSSR count). The van der Waals surface area contributed by atoms with E-state index in [0.717, 1.165) is 61.3 Å². The van der Waals surface area contributed by atoms with Gasteiger partial charge in [-0.05, 0) is 89.7 Å². The second kappa shape index (κ2) is 17.4. The number of fused-ring (bicyclic) bond motifs is 1. The third-order valence-corrected chi connectivity index (χ3v) is 10.5. The fourth-order valence-corrected chi connectivity index (χ4v) is 7.03. The number of Topliss-reactive ketones (excluding diaryl/α,β-unsaturated/α-hetero) is 2. The molecular formula is C38H56F2N2O6. The van der Waals surface area contributed by atoms with Crippen molar-refractivity contribution in [2.24, 2.45) is 11.8 Å². The van der Waals surface area contributed by atoms with E-state index in [9.17, 15) is 28.0 Å². The number of aryl methyl sites for hydroxylation is 1. The van der Waals surface area contributed by atoms with Crippen LogP contribution in [0.5, 0.6) is 0 Å². The largest absolute Gasteiger partial charge is 0.375 e. The second-order valence-corrected chi connectivity index (χ2v) is 14.5. The van der Waals surface area contributed by atoms with Gasteiger partial charge in [0.25, 0.3) is 17.7 Å². The predicted molar refractivity (Wildman–Crippen MR) is 180 cm³/mol. The van der Waals surface area contributed by atoms with Crippen LogP contribution in [-0.4, -0.2) is 89.7 Å². The minimum atomic E-state index is -2.73. The van der Waals surface area contributed by atoms with Gasteiger partial charge in [-0.25, -0.2) is 8.78 Å². The van der Waals surface area contributed by atoms with Crippen molar-refractivity contribution in [1.29, 1.82) is 0 Å². The van der Waals surface area contributed by atoms with E-state index in [2.05, 4.69) is 6.92 Å². The Labute approximate surface area is 285 Å². The van der Waals surface area contributed by atoms with Gasteiger partial charge in [0.05, 0.1) is 42.0 Å². The van der Waals surface area contributed by atoms with Crippen LogP contribution in [0.2, 0.25) is 0 Å². The first kappa shape index (κ1) is 38.2. The lowest BCUT2D eigenvalue weighted by molar-refractivity contribution is -0.136. The van der Waals surface area contributed by atoms with Gasteiger partial charge in [0.2, 0.25) is 0 Å². The average Bonchev–Trinajstić information content (AvgIpc) is 3.23. The Bertz CT molecular complexity index is 1270. The van der Waals surface area contributed by atoms with Crippen LogP contribution in [0.1, 0.15) is 131 Å². The van der Waals surface area contributed by atoms with Crippen molar-refractivity contribution in [3.8, 4) is 0 Å². The number of piperidine rings is 1. The van der Waals surface area contributed by atoms with E-state index in [4.69, 9.17) is 9.47 Å². The number of ketones is 2. The molecule has 0 spiro atoms. The van der Waals surface area contributed by atoms with Crippen molar-refractivity contribution >= 4 is 23.4 Å². The summed E-state index contributed by atoms with van der Waals surface area (Å²) in [7, 11) is 0. The van der Waals surface area contributed by atoms with Crippen molar-refractivity contribution in [2.75, 3.05) is 26.2 Å². The molecular weight excluding hydrogens is 618 g/mol. The van der Waals surface area contributed by atoms with Crippen LogP contribution in [0.15, 0.2) is 18.2 Å². The molecule has 3 fully saturated rings. The molecule has 2 aliphatic heterocycles. The summed E-state index contributed by atoms with van der Waals surface area (Å²) in [5.74, 6) is -3.06. The molecule has 10 heteroatoms. The summed E-state index contributed by atoms with van der Waals surface area (Å²) in [4.78, 5) is 52.5. The minimum absolute atomic E-state index is 0.0672. The Balaban J connectivity index is 0.000000217. The summed E-state index contributed by atoms with van der Waals surface area (Å²) >= 11 is 0. The Morgan fingerprint density at radius 2 is 1.62 bits per heavy atom. The summed E-state index contributed by atoms with van der Waals surface area (Å²) in [5, 5.41) is 0. The first-order chi connectivity index (χ1) is 22.8.